The third-order valence-corrected chi connectivity index (χ3v) is 4.40. The molecule has 0 N–H and O–H groups in total. The van der Waals surface area contributed by atoms with Gasteiger partial charge in [0.05, 0.1) is 9.95 Å². The molecule has 0 aromatic carbocycles. The average Bonchev–Trinajstić information content (AvgIpc) is 2.76. The highest BCUT2D eigenvalue weighted by atomic mass is 35.5. The molecule has 1 unspecified atom stereocenters. The van der Waals surface area contributed by atoms with Gasteiger partial charge in [-0.15, -0.1) is 0 Å². The van der Waals surface area contributed by atoms with Crippen molar-refractivity contribution in [3.63, 3.8) is 0 Å². The van der Waals surface area contributed by atoms with Gasteiger partial charge in [0, 0.05) is 31.7 Å². The zero-order valence-corrected chi connectivity index (χ0v) is 11.9. The summed E-state index contributed by atoms with van der Waals surface area (Å²) < 4.78 is 0. The van der Waals surface area contributed by atoms with Crippen molar-refractivity contribution in [2.45, 2.75) is 25.3 Å². The van der Waals surface area contributed by atoms with Gasteiger partial charge in [-0.25, -0.2) is 4.98 Å². The maximum Gasteiger partial charge on any atom is 0.289 e. The molecule has 7 heteroatoms. The lowest BCUT2D eigenvalue weighted by Crippen LogP contribution is -2.37. The summed E-state index contributed by atoms with van der Waals surface area (Å²) in [5.74, 6) is 0.672. The van der Waals surface area contributed by atoms with Gasteiger partial charge in [0.25, 0.3) is 5.69 Å². The second-order valence-electron chi connectivity index (χ2n) is 5.39. The maximum atomic E-state index is 10.7. The van der Waals surface area contributed by atoms with Crippen molar-refractivity contribution < 1.29 is 4.92 Å². The topological polar surface area (TPSA) is 62.5 Å². The summed E-state index contributed by atoms with van der Waals surface area (Å²) in [6.45, 7) is 4.10. The highest BCUT2D eigenvalue weighted by Crippen LogP contribution is 2.30. The Labute approximate surface area is 122 Å². The number of nitrogens with zero attached hydrogens (tertiary/aromatic N) is 4. The van der Waals surface area contributed by atoms with E-state index >= 15 is 0 Å². The standard InChI is InChI=1S/C13H17ClN4O2/c14-12-7-11(18(19)20)8-15-13(12)17-6-2-5-16-4-1-3-10(16)9-17/h7-8,10H,1-6,9H2. The van der Waals surface area contributed by atoms with Crippen molar-refractivity contribution in [3.8, 4) is 0 Å². The van der Waals surface area contributed by atoms with Crippen molar-refractivity contribution in [2.24, 2.45) is 0 Å². The summed E-state index contributed by atoms with van der Waals surface area (Å²) in [6, 6.07) is 1.95. The number of hydrogen-bond donors (Lipinski definition) is 0. The molecule has 0 amide bonds. The summed E-state index contributed by atoms with van der Waals surface area (Å²) >= 11 is 6.18. The van der Waals surface area contributed by atoms with Crippen molar-refractivity contribution in [2.75, 3.05) is 31.1 Å². The molecular weight excluding hydrogens is 280 g/mol. The first kappa shape index (κ1) is 13.6. The number of fused-ring (bicyclic) bond motifs is 1. The molecule has 20 heavy (non-hydrogen) atoms. The van der Waals surface area contributed by atoms with E-state index in [4.69, 9.17) is 11.6 Å². The Kier molecular flexibility index (Phi) is 3.76. The fraction of sp³-hybridized carbons (Fsp3) is 0.615. The van der Waals surface area contributed by atoms with Gasteiger partial charge >= 0.3 is 0 Å². The number of halogens is 1. The molecule has 2 saturated heterocycles. The van der Waals surface area contributed by atoms with E-state index in [1.165, 1.54) is 31.6 Å². The zero-order valence-electron chi connectivity index (χ0n) is 11.2. The molecule has 3 rings (SSSR count). The molecule has 1 atom stereocenters. The van der Waals surface area contributed by atoms with Crippen molar-refractivity contribution in [3.05, 3.63) is 27.4 Å². The van der Waals surface area contributed by atoms with Crippen molar-refractivity contribution >= 4 is 23.1 Å². The van der Waals surface area contributed by atoms with Gasteiger partial charge in [-0.2, -0.15) is 0 Å². The smallest absolute Gasteiger partial charge is 0.289 e. The van der Waals surface area contributed by atoms with E-state index < -0.39 is 4.92 Å². The third kappa shape index (κ3) is 2.58. The molecule has 2 aliphatic rings. The summed E-state index contributed by atoms with van der Waals surface area (Å²) in [7, 11) is 0. The monoisotopic (exact) mass is 296 g/mol. The first-order valence-electron chi connectivity index (χ1n) is 6.94. The van der Waals surface area contributed by atoms with E-state index in [1.807, 2.05) is 0 Å². The second-order valence-corrected chi connectivity index (χ2v) is 5.79. The van der Waals surface area contributed by atoms with E-state index in [0.29, 0.717) is 16.9 Å². The van der Waals surface area contributed by atoms with E-state index in [0.717, 1.165) is 26.1 Å². The van der Waals surface area contributed by atoms with Crippen LogP contribution in [0.3, 0.4) is 0 Å². The Morgan fingerprint density at radius 2 is 2.15 bits per heavy atom. The largest absolute Gasteiger partial charge is 0.354 e. The van der Waals surface area contributed by atoms with Gasteiger partial charge in [0.15, 0.2) is 0 Å². The normalized spacial score (nSPS) is 23.4. The Morgan fingerprint density at radius 1 is 1.35 bits per heavy atom. The third-order valence-electron chi connectivity index (χ3n) is 4.12. The molecule has 2 aliphatic heterocycles. The van der Waals surface area contributed by atoms with Gasteiger partial charge < -0.3 is 4.90 Å². The number of hydrogen-bond acceptors (Lipinski definition) is 5. The molecule has 0 saturated carbocycles. The van der Waals surface area contributed by atoms with Crippen LogP contribution in [-0.2, 0) is 0 Å². The van der Waals surface area contributed by atoms with Crippen molar-refractivity contribution in [1.29, 1.82) is 0 Å². The fourth-order valence-electron chi connectivity index (χ4n) is 3.15. The molecule has 0 spiro atoms. The summed E-state index contributed by atoms with van der Waals surface area (Å²) in [6.07, 6.45) is 4.82. The molecule has 2 fully saturated rings. The second kappa shape index (κ2) is 5.54. The molecule has 0 aliphatic carbocycles. The van der Waals surface area contributed by atoms with Crippen LogP contribution in [0.5, 0.6) is 0 Å². The summed E-state index contributed by atoms with van der Waals surface area (Å²) in [5.41, 5.74) is -0.0592. The van der Waals surface area contributed by atoms with Crippen LogP contribution in [0.1, 0.15) is 19.3 Å². The van der Waals surface area contributed by atoms with Crippen LogP contribution in [0.4, 0.5) is 11.5 Å². The lowest BCUT2D eigenvalue weighted by atomic mass is 10.2. The Bertz CT molecular complexity index is 525. The lowest BCUT2D eigenvalue weighted by molar-refractivity contribution is -0.385. The minimum Gasteiger partial charge on any atom is -0.354 e. The van der Waals surface area contributed by atoms with E-state index in [2.05, 4.69) is 14.8 Å². The summed E-state index contributed by atoms with van der Waals surface area (Å²) in [5, 5.41) is 11.1. The first-order chi connectivity index (χ1) is 9.65. The minimum absolute atomic E-state index is 0.0592. The van der Waals surface area contributed by atoms with E-state index in [9.17, 15) is 10.1 Å². The van der Waals surface area contributed by atoms with Crippen molar-refractivity contribution in [1.82, 2.24) is 9.88 Å². The molecular formula is C13H17ClN4O2. The zero-order chi connectivity index (χ0) is 14.1. The van der Waals surface area contributed by atoms with Gasteiger partial charge in [-0.3, -0.25) is 15.0 Å². The quantitative estimate of drug-likeness (QED) is 0.619. The predicted octanol–water partition coefficient (Wildman–Crippen LogP) is 2.32. The number of anilines is 1. The van der Waals surface area contributed by atoms with E-state index in [-0.39, 0.29) is 5.69 Å². The van der Waals surface area contributed by atoms with Gasteiger partial charge in [0.2, 0.25) is 0 Å². The molecule has 108 valence electrons. The van der Waals surface area contributed by atoms with Crippen LogP contribution >= 0.6 is 11.6 Å². The van der Waals surface area contributed by atoms with Crippen LogP contribution in [0.15, 0.2) is 12.3 Å². The molecule has 0 bridgehead atoms. The number of rotatable bonds is 2. The molecule has 1 aromatic rings. The Balaban J connectivity index is 1.82. The number of nitro groups is 1. The molecule has 1 aromatic heterocycles. The van der Waals surface area contributed by atoms with Crippen LogP contribution < -0.4 is 4.90 Å². The SMILES string of the molecule is O=[N+]([O-])c1cnc(N2CCCN3CCCC3C2)c(Cl)c1. The molecule has 0 radical (unpaired) electrons. The molecule has 3 heterocycles. The lowest BCUT2D eigenvalue weighted by Gasteiger charge is -2.26. The van der Waals surface area contributed by atoms with Crippen LogP contribution in [0.25, 0.3) is 0 Å². The predicted molar refractivity (Wildman–Crippen MR) is 77.3 cm³/mol. The fourth-order valence-corrected chi connectivity index (χ4v) is 3.43. The maximum absolute atomic E-state index is 10.7. The Morgan fingerprint density at radius 3 is 2.90 bits per heavy atom. The summed E-state index contributed by atoms with van der Waals surface area (Å²) in [4.78, 5) is 19.2. The highest BCUT2D eigenvalue weighted by molar-refractivity contribution is 6.33. The molecule has 6 nitrogen and oxygen atoms in total. The van der Waals surface area contributed by atoms with E-state index in [1.54, 1.807) is 0 Å². The number of aromatic nitrogens is 1. The van der Waals surface area contributed by atoms with Gasteiger partial charge in [0.1, 0.15) is 12.0 Å². The van der Waals surface area contributed by atoms with Gasteiger partial charge in [-0.05, 0) is 25.8 Å². The van der Waals surface area contributed by atoms with Gasteiger partial charge in [-0.1, -0.05) is 11.6 Å². The minimum atomic E-state index is -0.468. The number of pyridine rings is 1. The average molecular weight is 297 g/mol. The van der Waals surface area contributed by atoms with Crippen LogP contribution in [0.2, 0.25) is 5.02 Å². The Hall–Kier alpha value is -1.40. The van der Waals surface area contributed by atoms with Crippen LogP contribution in [-0.4, -0.2) is 47.0 Å². The van der Waals surface area contributed by atoms with Crippen LogP contribution in [0, 0.1) is 10.1 Å². The first-order valence-corrected chi connectivity index (χ1v) is 7.32. The highest BCUT2D eigenvalue weighted by Gasteiger charge is 2.30.